The fourth-order valence-corrected chi connectivity index (χ4v) is 2.09. The Bertz CT molecular complexity index is 716. The summed E-state index contributed by atoms with van der Waals surface area (Å²) in [7, 11) is 0. The Hall–Kier alpha value is -2.63. The monoisotopic (exact) mass is 269 g/mol. The molecule has 2 aromatic heterocycles. The van der Waals surface area contributed by atoms with Gasteiger partial charge in [0.25, 0.3) is 0 Å². The normalized spacial score (nSPS) is 10.8. The average Bonchev–Trinajstić information content (AvgIpc) is 3.09. The molecule has 1 N–H and O–H groups in total. The summed E-state index contributed by atoms with van der Waals surface area (Å²) in [6.45, 7) is 3.37. The number of aromatic hydroxyl groups is 1. The van der Waals surface area contributed by atoms with Gasteiger partial charge >= 0.3 is 0 Å². The van der Waals surface area contributed by atoms with Gasteiger partial charge in [0, 0.05) is 24.5 Å². The van der Waals surface area contributed by atoms with Gasteiger partial charge in [0.1, 0.15) is 11.4 Å². The van der Waals surface area contributed by atoms with Gasteiger partial charge in [-0.25, -0.2) is 9.67 Å². The van der Waals surface area contributed by atoms with Crippen LogP contribution in [0.25, 0.3) is 11.5 Å². The summed E-state index contributed by atoms with van der Waals surface area (Å²) in [6.07, 6.45) is 5.50. The van der Waals surface area contributed by atoms with E-state index >= 15 is 0 Å². The standard InChI is InChI=1S/C14H15N5O/c1-2-18-8-7-15-14(18)12-10-19(17-16-12)9-11-5-3-4-6-13(11)20/h3-8,10,20H,2,9H2,1H3. The van der Waals surface area contributed by atoms with E-state index in [1.807, 2.05) is 29.1 Å². The zero-order valence-corrected chi connectivity index (χ0v) is 11.1. The number of hydrogen-bond acceptors (Lipinski definition) is 4. The first kappa shape index (κ1) is 12.4. The molecule has 0 bridgehead atoms. The largest absolute Gasteiger partial charge is 0.508 e. The summed E-state index contributed by atoms with van der Waals surface area (Å²) < 4.78 is 3.70. The second kappa shape index (κ2) is 5.16. The predicted molar refractivity (Wildman–Crippen MR) is 74.1 cm³/mol. The Morgan fingerprint density at radius 1 is 1.25 bits per heavy atom. The summed E-state index contributed by atoms with van der Waals surface area (Å²) >= 11 is 0. The van der Waals surface area contributed by atoms with Crippen molar-refractivity contribution in [1.82, 2.24) is 24.5 Å². The third-order valence-corrected chi connectivity index (χ3v) is 3.15. The van der Waals surface area contributed by atoms with E-state index in [0.717, 1.165) is 23.6 Å². The number of nitrogens with zero attached hydrogens (tertiary/aromatic N) is 5. The molecule has 0 amide bonds. The first-order valence-corrected chi connectivity index (χ1v) is 6.46. The van der Waals surface area contributed by atoms with Crippen molar-refractivity contribution in [2.24, 2.45) is 0 Å². The van der Waals surface area contributed by atoms with Crippen molar-refractivity contribution >= 4 is 0 Å². The highest BCUT2D eigenvalue weighted by molar-refractivity contribution is 5.47. The summed E-state index contributed by atoms with van der Waals surface area (Å²) in [5.41, 5.74) is 1.54. The Labute approximate surface area is 116 Å². The lowest BCUT2D eigenvalue weighted by Gasteiger charge is -2.03. The SMILES string of the molecule is CCn1ccnc1-c1cn(Cc2ccccc2O)nn1. The molecule has 6 nitrogen and oxygen atoms in total. The van der Waals surface area contributed by atoms with E-state index in [2.05, 4.69) is 22.2 Å². The zero-order valence-electron chi connectivity index (χ0n) is 11.1. The lowest BCUT2D eigenvalue weighted by Crippen LogP contribution is -2.00. The molecule has 102 valence electrons. The molecule has 0 aliphatic heterocycles. The molecule has 0 fully saturated rings. The lowest BCUT2D eigenvalue weighted by atomic mass is 10.2. The first-order valence-electron chi connectivity index (χ1n) is 6.46. The van der Waals surface area contributed by atoms with Crippen molar-refractivity contribution < 1.29 is 5.11 Å². The van der Waals surface area contributed by atoms with Gasteiger partial charge in [-0.2, -0.15) is 0 Å². The summed E-state index contributed by atoms with van der Waals surface area (Å²) in [5, 5.41) is 18.0. The fraction of sp³-hybridized carbons (Fsp3) is 0.214. The van der Waals surface area contributed by atoms with Crippen LogP contribution >= 0.6 is 0 Å². The van der Waals surface area contributed by atoms with Gasteiger partial charge in [-0.1, -0.05) is 23.4 Å². The molecule has 0 spiro atoms. The van der Waals surface area contributed by atoms with Crippen LogP contribution in [0.1, 0.15) is 12.5 Å². The Balaban J connectivity index is 1.86. The third kappa shape index (κ3) is 2.27. The molecule has 0 saturated carbocycles. The molecule has 3 aromatic rings. The first-order chi connectivity index (χ1) is 9.78. The number of phenolic OH excluding ortho intramolecular Hbond substituents is 1. The molecule has 0 atom stereocenters. The van der Waals surface area contributed by atoms with E-state index < -0.39 is 0 Å². The van der Waals surface area contributed by atoms with Gasteiger partial charge in [-0.15, -0.1) is 5.10 Å². The number of aryl methyl sites for hydroxylation is 1. The van der Waals surface area contributed by atoms with Crippen LogP contribution in [0.2, 0.25) is 0 Å². The molecule has 0 aliphatic rings. The van der Waals surface area contributed by atoms with E-state index in [9.17, 15) is 5.11 Å². The van der Waals surface area contributed by atoms with Gasteiger partial charge in [-0.3, -0.25) is 0 Å². The highest BCUT2D eigenvalue weighted by Crippen LogP contribution is 2.18. The summed E-state index contributed by atoms with van der Waals surface area (Å²) in [6, 6.07) is 7.21. The van der Waals surface area contributed by atoms with Crippen molar-refractivity contribution in [3.8, 4) is 17.3 Å². The minimum Gasteiger partial charge on any atom is -0.508 e. The number of hydrogen-bond donors (Lipinski definition) is 1. The molecule has 6 heteroatoms. The van der Waals surface area contributed by atoms with Crippen LogP contribution in [0, 0.1) is 0 Å². The molecule has 0 unspecified atom stereocenters. The van der Waals surface area contributed by atoms with Crippen LogP contribution in [0.4, 0.5) is 0 Å². The van der Waals surface area contributed by atoms with Crippen LogP contribution in [-0.2, 0) is 13.1 Å². The smallest absolute Gasteiger partial charge is 0.162 e. The average molecular weight is 269 g/mol. The van der Waals surface area contributed by atoms with Crippen LogP contribution in [0.5, 0.6) is 5.75 Å². The van der Waals surface area contributed by atoms with Crippen molar-refractivity contribution in [3.05, 3.63) is 48.4 Å². The van der Waals surface area contributed by atoms with E-state index in [1.165, 1.54) is 0 Å². The second-order valence-corrected chi connectivity index (χ2v) is 4.47. The Kier molecular flexibility index (Phi) is 3.20. The molecular weight excluding hydrogens is 254 g/mol. The van der Waals surface area contributed by atoms with E-state index in [-0.39, 0.29) is 5.75 Å². The Morgan fingerprint density at radius 2 is 2.10 bits per heavy atom. The van der Waals surface area contributed by atoms with Crippen LogP contribution in [0.3, 0.4) is 0 Å². The highest BCUT2D eigenvalue weighted by atomic mass is 16.3. The molecule has 1 aromatic carbocycles. The van der Waals surface area contributed by atoms with Gasteiger partial charge in [-0.05, 0) is 13.0 Å². The maximum absolute atomic E-state index is 9.77. The topological polar surface area (TPSA) is 68.8 Å². The maximum Gasteiger partial charge on any atom is 0.162 e. The van der Waals surface area contributed by atoms with Crippen molar-refractivity contribution in [3.63, 3.8) is 0 Å². The molecule has 20 heavy (non-hydrogen) atoms. The molecule has 0 radical (unpaired) electrons. The lowest BCUT2D eigenvalue weighted by molar-refractivity contribution is 0.463. The van der Waals surface area contributed by atoms with Gasteiger partial charge in [0.05, 0.1) is 12.7 Å². The van der Waals surface area contributed by atoms with Crippen LogP contribution < -0.4 is 0 Å². The Morgan fingerprint density at radius 3 is 2.90 bits per heavy atom. The van der Waals surface area contributed by atoms with E-state index in [4.69, 9.17) is 0 Å². The maximum atomic E-state index is 9.77. The fourth-order valence-electron chi connectivity index (χ4n) is 2.09. The number of phenols is 1. The molecule has 0 aliphatic carbocycles. The van der Waals surface area contributed by atoms with Crippen LogP contribution in [-0.4, -0.2) is 29.7 Å². The minimum atomic E-state index is 0.264. The van der Waals surface area contributed by atoms with Gasteiger partial charge < -0.3 is 9.67 Å². The quantitative estimate of drug-likeness (QED) is 0.785. The molecular formula is C14H15N5O. The van der Waals surface area contributed by atoms with E-state index in [1.54, 1.807) is 23.0 Å². The zero-order chi connectivity index (χ0) is 13.9. The molecule has 2 heterocycles. The summed E-state index contributed by atoms with van der Waals surface area (Å²) in [4.78, 5) is 4.29. The van der Waals surface area contributed by atoms with Gasteiger partial charge in [0.2, 0.25) is 0 Å². The molecule has 0 saturated heterocycles. The number of imidazole rings is 1. The number of aromatic nitrogens is 5. The molecule has 3 rings (SSSR count). The summed E-state index contributed by atoms with van der Waals surface area (Å²) in [5.74, 6) is 1.07. The minimum absolute atomic E-state index is 0.264. The van der Waals surface area contributed by atoms with Crippen molar-refractivity contribution in [1.29, 1.82) is 0 Å². The van der Waals surface area contributed by atoms with Crippen molar-refractivity contribution in [2.75, 3.05) is 0 Å². The number of benzene rings is 1. The van der Waals surface area contributed by atoms with Crippen molar-refractivity contribution in [2.45, 2.75) is 20.0 Å². The predicted octanol–water partition coefficient (Wildman–Crippen LogP) is 1.92. The second-order valence-electron chi connectivity index (χ2n) is 4.47. The highest BCUT2D eigenvalue weighted by Gasteiger charge is 2.10. The van der Waals surface area contributed by atoms with E-state index in [0.29, 0.717) is 6.54 Å². The number of para-hydroxylation sites is 1. The van der Waals surface area contributed by atoms with Crippen LogP contribution in [0.15, 0.2) is 42.9 Å². The number of rotatable bonds is 4. The third-order valence-electron chi connectivity index (χ3n) is 3.15. The van der Waals surface area contributed by atoms with Gasteiger partial charge in [0.15, 0.2) is 5.82 Å².